The predicted molar refractivity (Wildman–Crippen MR) is 94.0 cm³/mol. The van der Waals surface area contributed by atoms with E-state index in [0.717, 1.165) is 0 Å². The molecule has 128 valence electrons. The number of benzene rings is 1. The number of nitrogens with zero attached hydrogens (tertiary/aromatic N) is 2. The second-order valence-electron chi connectivity index (χ2n) is 5.90. The van der Waals surface area contributed by atoms with Gasteiger partial charge in [-0.2, -0.15) is 0 Å². The first-order valence-electron chi connectivity index (χ1n) is 7.49. The number of carbonyl (C=O) groups is 2. The smallest absolute Gasteiger partial charge is 0.254 e. The summed E-state index contributed by atoms with van der Waals surface area (Å²) < 4.78 is 0. The van der Waals surface area contributed by atoms with E-state index in [4.69, 9.17) is 17.3 Å². The van der Waals surface area contributed by atoms with Crippen LogP contribution in [-0.4, -0.2) is 53.8 Å². The van der Waals surface area contributed by atoms with Gasteiger partial charge in [-0.15, -0.1) is 12.4 Å². The van der Waals surface area contributed by atoms with Crippen molar-refractivity contribution < 1.29 is 9.59 Å². The van der Waals surface area contributed by atoms with Gasteiger partial charge in [-0.25, -0.2) is 0 Å². The van der Waals surface area contributed by atoms with Gasteiger partial charge in [0.15, 0.2) is 0 Å². The summed E-state index contributed by atoms with van der Waals surface area (Å²) in [6.45, 7) is 5.93. The predicted octanol–water partition coefficient (Wildman–Crippen LogP) is 2.03. The lowest BCUT2D eigenvalue weighted by atomic mass is 10.0. The number of hydrogen-bond acceptors (Lipinski definition) is 3. The molecule has 2 amide bonds. The Labute approximate surface area is 148 Å². The van der Waals surface area contributed by atoms with Crippen molar-refractivity contribution in [2.45, 2.75) is 19.9 Å². The molecule has 0 radical (unpaired) electrons. The minimum Gasteiger partial charge on any atom is -0.338 e. The molecule has 5 nitrogen and oxygen atoms in total. The Bertz CT molecular complexity index is 558. The van der Waals surface area contributed by atoms with Gasteiger partial charge in [0, 0.05) is 36.8 Å². The zero-order valence-electron chi connectivity index (χ0n) is 13.4. The van der Waals surface area contributed by atoms with Crippen molar-refractivity contribution in [3.05, 3.63) is 34.9 Å². The molecule has 0 unspecified atom stereocenters. The van der Waals surface area contributed by atoms with E-state index < -0.39 is 6.04 Å². The summed E-state index contributed by atoms with van der Waals surface area (Å²) in [5.41, 5.74) is 6.48. The van der Waals surface area contributed by atoms with Gasteiger partial charge in [0.25, 0.3) is 5.91 Å². The minimum atomic E-state index is -0.477. The van der Waals surface area contributed by atoms with Crippen LogP contribution in [0.15, 0.2) is 24.3 Å². The second-order valence-corrected chi connectivity index (χ2v) is 6.33. The molecule has 1 heterocycles. The summed E-state index contributed by atoms with van der Waals surface area (Å²) in [7, 11) is 0. The molecule has 2 N–H and O–H groups in total. The molecule has 1 saturated heterocycles. The Morgan fingerprint density at radius 3 is 2.22 bits per heavy atom. The first-order chi connectivity index (χ1) is 10.4. The van der Waals surface area contributed by atoms with Gasteiger partial charge in [-0.05, 0) is 24.1 Å². The normalized spacial score (nSPS) is 16.0. The highest BCUT2D eigenvalue weighted by Crippen LogP contribution is 2.15. The molecule has 0 saturated carbocycles. The Hall–Kier alpha value is -1.30. The standard InChI is InChI=1S/C16H22ClN3O2.ClH/c1-11(2)14(18)16(22)20-8-6-19(7-9-20)15(21)12-4-3-5-13(17)10-12;/h3-5,10-11,14H,6-9,18H2,1-2H3;1H/t14-;/m0./s1. The third-order valence-corrected chi connectivity index (χ3v) is 4.19. The lowest BCUT2D eigenvalue weighted by Gasteiger charge is -2.36. The van der Waals surface area contributed by atoms with E-state index in [1.165, 1.54) is 0 Å². The summed E-state index contributed by atoms with van der Waals surface area (Å²) in [5, 5.41) is 0.544. The molecule has 0 aliphatic carbocycles. The minimum absolute atomic E-state index is 0. The SMILES string of the molecule is CC(C)[C@H](N)C(=O)N1CCN(C(=O)c2cccc(Cl)c2)CC1.Cl. The first-order valence-corrected chi connectivity index (χ1v) is 7.87. The van der Waals surface area contributed by atoms with E-state index in [1.54, 1.807) is 34.1 Å². The number of amides is 2. The maximum absolute atomic E-state index is 12.4. The van der Waals surface area contributed by atoms with Crippen molar-refractivity contribution >= 4 is 35.8 Å². The number of hydrogen-bond donors (Lipinski definition) is 1. The average Bonchev–Trinajstić information content (AvgIpc) is 2.52. The Morgan fingerprint density at radius 2 is 1.70 bits per heavy atom. The van der Waals surface area contributed by atoms with Crippen molar-refractivity contribution in [2.24, 2.45) is 11.7 Å². The molecule has 23 heavy (non-hydrogen) atoms. The molecule has 0 spiro atoms. The van der Waals surface area contributed by atoms with E-state index >= 15 is 0 Å². The van der Waals surface area contributed by atoms with Crippen LogP contribution in [0.5, 0.6) is 0 Å². The molecule has 1 fully saturated rings. The van der Waals surface area contributed by atoms with Gasteiger partial charge < -0.3 is 15.5 Å². The average molecular weight is 360 g/mol. The van der Waals surface area contributed by atoms with E-state index in [1.807, 2.05) is 13.8 Å². The van der Waals surface area contributed by atoms with Gasteiger partial charge in [0.05, 0.1) is 6.04 Å². The summed E-state index contributed by atoms with van der Waals surface area (Å²) in [6, 6.07) is 6.44. The summed E-state index contributed by atoms with van der Waals surface area (Å²) in [6.07, 6.45) is 0. The van der Waals surface area contributed by atoms with E-state index in [-0.39, 0.29) is 30.1 Å². The number of piperazine rings is 1. The molecule has 1 aromatic rings. The van der Waals surface area contributed by atoms with Crippen molar-refractivity contribution in [2.75, 3.05) is 26.2 Å². The molecule has 2 rings (SSSR count). The molecule has 1 aliphatic heterocycles. The van der Waals surface area contributed by atoms with E-state index in [2.05, 4.69) is 0 Å². The highest BCUT2D eigenvalue weighted by molar-refractivity contribution is 6.30. The molecular formula is C16H23Cl2N3O2. The van der Waals surface area contributed by atoms with Crippen molar-refractivity contribution in [1.82, 2.24) is 9.80 Å². The Kier molecular flexibility index (Phi) is 7.32. The Morgan fingerprint density at radius 1 is 1.13 bits per heavy atom. The zero-order chi connectivity index (χ0) is 16.3. The van der Waals surface area contributed by atoms with Crippen LogP contribution in [0, 0.1) is 5.92 Å². The molecule has 1 aromatic carbocycles. The highest BCUT2D eigenvalue weighted by Gasteiger charge is 2.28. The van der Waals surface area contributed by atoms with Crippen LogP contribution in [0.2, 0.25) is 5.02 Å². The van der Waals surface area contributed by atoms with Gasteiger partial charge in [-0.1, -0.05) is 31.5 Å². The van der Waals surface area contributed by atoms with Crippen LogP contribution in [0.1, 0.15) is 24.2 Å². The Balaban J connectivity index is 0.00000264. The number of carbonyl (C=O) groups excluding carboxylic acids is 2. The van der Waals surface area contributed by atoms with Crippen LogP contribution >= 0.6 is 24.0 Å². The molecule has 1 aliphatic rings. The number of rotatable bonds is 3. The zero-order valence-corrected chi connectivity index (χ0v) is 14.9. The van der Waals surface area contributed by atoms with Crippen LogP contribution < -0.4 is 5.73 Å². The van der Waals surface area contributed by atoms with Gasteiger partial charge >= 0.3 is 0 Å². The molecular weight excluding hydrogens is 337 g/mol. The van der Waals surface area contributed by atoms with Crippen LogP contribution in [-0.2, 0) is 4.79 Å². The van der Waals surface area contributed by atoms with Crippen molar-refractivity contribution in [3.63, 3.8) is 0 Å². The molecule has 0 aromatic heterocycles. The van der Waals surface area contributed by atoms with Crippen LogP contribution in [0.3, 0.4) is 0 Å². The highest BCUT2D eigenvalue weighted by atomic mass is 35.5. The fourth-order valence-electron chi connectivity index (χ4n) is 2.43. The number of nitrogens with two attached hydrogens (primary N) is 1. The molecule has 0 bridgehead atoms. The summed E-state index contributed by atoms with van der Waals surface area (Å²) >= 11 is 5.92. The lowest BCUT2D eigenvalue weighted by molar-refractivity contribution is -0.135. The van der Waals surface area contributed by atoms with Crippen LogP contribution in [0.4, 0.5) is 0 Å². The quantitative estimate of drug-likeness (QED) is 0.897. The van der Waals surface area contributed by atoms with Gasteiger partial charge in [-0.3, -0.25) is 9.59 Å². The largest absolute Gasteiger partial charge is 0.338 e. The summed E-state index contributed by atoms with van der Waals surface area (Å²) in [4.78, 5) is 28.1. The van der Waals surface area contributed by atoms with Gasteiger partial charge in [0.1, 0.15) is 0 Å². The van der Waals surface area contributed by atoms with E-state index in [9.17, 15) is 9.59 Å². The first kappa shape index (κ1) is 19.7. The third kappa shape index (κ3) is 4.83. The molecule has 7 heteroatoms. The maximum atomic E-state index is 12.4. The fraction of sp³-hybridized carbons (Fsp3) is 0.500. The number of halogens is 2. The van der Waals surface area contributed by atoms with Crippen LogP contribution in [0.25, 0.3) is 0 Å². The third-order valence-electron chi connectivity index (χ3n) is 3.95. The van der Waals surface area contributed by atoms with Gasteiger partial charge in [0.2, 0.25) is 5.91 Å². The topological polar surface area (TPSA) is 66.6 Å². The fourth-order valence-corrected chi connectivity index (χ4v) is 2.62. The van der Waals surface area contributed by atoms with Crippen molar-refractivity contribution in [1.29, 1.82) is 0 Å². The second kappa shape index (κ2) is 8.52. The van der Waals surface area contributed by atoms with E-state index in [0.29, 0.717) is 36.8 Å². The monoisotopic (exact) mass is 359 g/mol. The van der Waals surface area contributed by atoms with Crippen molar-refractivity contribution in [3.8, 4) is 0 Å². The lowest BCUT2D eigenvalue weighted by Crippen LogP contribution is -2.55. The molecule has 1 atom stereocenters. The maximum Gasteiger partial charge on any atom is 0.254 e. The summed E-state index contributed by atoms with van der Waals surface area (Å²) in [5.74, 6) is 0.0197.